The molecular formula is C11H12N2O. The van der Waals surface area contributed by atoms with Crippen LogP contribution in [0.2, 0.25) is 0 Å². The van der Waals surface area contributed by atoms with Crippen LogP contribution in [0.4, 0.5) is 0 Å². The molecule has 2 aromatic heterocycles. The molecule has 0 amide bonds. The number of rotatable bonds is 3. The predicted molar refractivity (Wildman–Crippen MR) is 54.6 cm³/mol. The minimum absolute atomic E-state index is 0.536. The Morgan fingerprint density at radius 3 is 3.07 bits per heavy atom. The lowest BCUT2D eigenvalue weighted by molar-refractivity contribution is 0.112. The molecule has 0 aliphatic carbocycles. The van der Waals surface area contributed by atoms with E-state index in [1.807, 2.05) is 28.8 Å². The van der Waals surface area contributed by atoms with E-state index in [2.05, 4.69) is 11.9 Å². The number of nitrogens with zero attached hydrogens (tertiary/aromatic N) is 2. The topological polar surface area (TPSA) is 34.4 Å². The molecule has 0 saturated carbocycles. The van der Waals surface area contributed by atoms with Gasteiger partial charge >= 0.3 is 0 Å². The Bertz CT molecular complexity index is 459. The molecule has 72 valence electrons. The summed E-state index contributed by atoms with van der Waals surface area (Å²) in [4.78, 5) is 15.1. The minimum Gasteiger partial charge on any atom is -0.303 e. The van der Waals surface area contributed by atoms with Crippen LogP contribution >= 0.6 is 0 Å². The molecule has 0 atom stereocenters. The summed E-state index contributed by atoms with van der Waals surface area (Å²) < 4.78 is 1.98. The first-order chi connectivity index (χ1) is 6.86. The number of pyridine rings is 1. The summed E-state index contributed by atoms with van der Waals surface area (Å²) in [6.45, 7) is 2.10. The average molecular weight is 188 g/mol. The van der Waals surface area contributed by atoms with Crippen molar-refractivity contribution in [3.8, 4) is 0 Å². The van der Waals surface area contributed by atoms with E-state index in [1.54, 1.807) is 0 Å². The molecular weight excluding hydrogens is 176 g/mol. The van der Waals surface area contributed by atoms with Crippen molar-refractivity contribution >= 4 is 11.8 Å². The molecule has 0 aliphatic rings. The molecule has 3 heteroatoms. The van der Waals surface area contributed by atoms with Gasteiger partial charge in [0.2, 0.25) is 0 Å². The first-order valence-electron chi connectivity index (χ1n) is 4.78. The second kappa shape index (κ2) is 3.62. The van der Waals surface area contributed by atoms with Gasteiger partial charge in [-0.15, -0.1) is 0 Å². The first-order valence-corrected chi connectivity index (χ1v) is 4.78. The third-order valence-corrected chi connectivity index (χ3v) is 2.24. The van der Waals surface area contributed by atoms with Crippen molar-refractivity contribution in [1.82, 2.24) is 9.38 Å². The number of imidazole rings is 1. The molecule has 0 bridgehead atoms. The van der Waals surface area contributed by atoms with Gasteiger partial charge < -0.3 is 4.40 Å². The summed E-state index contributed by atoms with van der Waals surface area (Å²) >= 11 is 0. The number of hydrogen-bond acceptors (Lipinski definition) is 2. The highest BCUT2D eigenvalue weighted by Crippen LogP contribution is 2.12. The Morgan fingerprint density at radius 2 is 2.36 bits per heavy atom. The lowest BCUT2D eigenvalue weighted by atomic mass is 10.3. The highest BCUT2D eigenvalue weighted by molar-refractivity contribution is 5.83. The fourth-order valence-corrected chi connectivity index (χ4v) is 1.61. The fourth-order valence-electron chi connectivity index (χ4n) is 1.61. The molecule has 0 aromatic carbocycles. The van der Waals surface area contributed by atoms with Crippen molar-refractivity contribution < 1.29 is 4.79 Å². The number of hydrogen-bond donors (Lipinski definition) is 0. The monoisotopic (exact) mass is 188 g/mol. The maximum Gasteiger partial charge on any atom is 0.170 e. The van der Waals surface area contributed by atoms with Crippen molar-refractivity contribution in [1.29, 1.82) is 0 Å². The van der Waals surface area contributed by atoms with Crippen LogP contribution in [-0.2, 0) is 6.42 Å². The van der Waals surface area contributed by atoms with Crippen LogP contribution in [0, 0.1) is 0 Å². The molecule has 2 rings (SSSR count). The normalized spacial score (nSPS) is 10.6. The lowest BCUT2D eigenvalue weighted by Gasteiger charge is -1.97. The maximum absolute atomic E-state index is 10.8. The largest absolute Gasteiger partial charge is 0.303 e. The molecule has 0 aliphatic heterocycles. The van der Waals surface area contributed by atoms with Gasteiger partial charge in [0.15, 0.2) is 6.29 Å². The van der Waals surface area contributed by atoms with Crippen LogP contribution in [0.25, 0.3) is 5.52 Å². The molecule has 14 heavy (non-hydrogen) atoms. The van der Waals surface area contributed by atoms with Crippen molar-refractivity contribution in [2.45, 2.75) is 19.8 Å². The van der Waals surface area contributed by atoms with E-state index < -0.39 is 0 Å². The molecule has 0 unspecified atom stereocenters. The zero-order valence-corrected chi connectivity index (χ0v) is 8.10. The average Bonchev–Trinajstić information content (AvgIpc) is 2.58. The van der Waals surface area contributed by atoms with Gasteiger partial charge in [-0.2, -0.15) is 0 Å². The van der Waals surface area contributed by atoms with Crippen molar-refractivity contribution in [3.63, 3.8) is 0 Å². The molecule has 3 nitrogen and oxygen atoms in total. The van der Waals surface area contributed by atoms with Gasteiger partial charge in [-0.1, -0.05) is 13.0 Å². The second-order valence-corrected chi connectivity index (χ2v) is 3.24. The maximum atomic E-state index is 10.8. The summed E-state index contributed by atoms with van der Waals surface area (Å²) in [5, 5.41) is 0. The number of aromatic nitrogens is 2. The van der Waals surface area contributed by atoms with Crippen LogP contribution in [0.3, 0.4) is 0 Å². The number of aryl methyl sites for hydroxylation is 1. The standard InChI is InChI=1S/C11H12N2O/c1-2-5-11-12-9(8-14)10-6-3-4-7-13(10)11/h3-4,6-8H,2,5H2,1H3. The van der Waals surface area contributed by atoms with Gasteiger partial charge in [-0.3, -0.25) is 4.79 Å². The van der Waals surface area contributed by atoms with E-state index in [1.165, 1.54) is 0 Å². The molecule has 2 heterocycles. The second-order valence-electron chi connectivity index (χ2n) is 3.24. The van der Waals surface area contributed by atoms with Crippen LogP contribution in [0.15, 0.2) is 24.4 Å². The van der Waals surface area contributed by atoms with E-state index in [0.717, 1.165) is 30.5 Å². The zero-order chi connectivity index (χ0) is 9.97. The Morgan fingerprint density at radius 1 is 1.50 bits per heavy atom. The number of aldehydes is 1. The van der Waals surface area contributed by atoms with Gasteiger partial charge in [0.25, 0.3) is 0 Å². The fraction of sp³-hybridized carbons (Fsp3) is 0.273. The lowest BCUT2D eigenvalue weighted by Crippen LogP contribution is -1.92. The molecule has 0 spiro atoms. The van der Waals surface area contributed by atoms with E-state index in [-0.39, 0.29) is 0 Å². The highest BCUT2D eigenvalue weighted by atomic mass is 16.1. The van der Waals surface area contributed by atoms with Crippen LogP contribution < -0.4 is 0 Å². The summed E-state index contributed by atoms with van der Waals surface area (Å²) in [5.41, 5.74) is 1.43. The summed E-state index contributed by atoms with van der Waals surface area (Å²) in [5.74, 6) is 0.963. The highest BCUT2D eigenvalue weighted by Gasteiger charge is 2.07. The predicted octanol–water partition coefficient (Wildman–Crippen LogP) is 2.10. The Hall–Kier alpha value is -1.64. The summed E-state index contributed by atoms with van der Waals surface area (Å²) in [6, 6.07) is 5.78. The Balaban J connectivity index is 2.66. The Kier molecular flexibility index (Phi) is 2.31. The van der Waals surface area contributed by atoms with Gasteiger partial charge in [-0.25, -0.2) is 4.98 Å². The van der Waals surface area contributed by atoms with Crippen LogP contribution in [0.5, 0.6) is 0 Å². The van der Waals surface area contributed by atoms with Gasteiger partial charge in [0, 0.05) is 12.6 Å². The van der Waals surface area contributed by atoms with E-state index in [4.69, 9.17) is 0 Å². The molecule has 0 saturated heterocycles. The Labute approximate surface area is 82.4 Å². The van der Waals surface area contributed by atoms with E-state index in [9.17, 15) is 4.79 Å². The molecule has 2 aromatic rings. The summed E-state index contributed by atoms with van der Waals surface area (Å²) in [7, 11) is 0. The van der Waals surface area contributed by atoms with E-state index in [0.29, 0.717) is 5.69 Å². The van der Waals surface area contributed by atoms with Crippen molar-refractivity contribution in [2.75, 3.05) is 0 Å². The van der Waals surface area contributed by atoms with Crippen molar-refractivity contribution in [2.24, 2.45) is 0 Å². The van der Waals surface area contributed by atoms with Crippen LogP contribution in [0.1, 0.15) is 29.7 Å². The molecule has 0 fully saturated rings. The zero-order valence-electron chi connectivity index (χ0n) is 8.10. The van der Waals surface area contributed by atoms with Gasteiger partial charge in [0.05, 0.1) is 5.52 Å². The van der Waals surface area contributed by atoms with E-state index >= 15 is 0 Å². The number of fused-ring (bicyclic) bond motifs is 1. The van der Waals surface area contributed by atoms with Gasteiger partial charge in [0.1, 0.15) is 11.5 Å². The van der Waals surface area contributed by atoms with Crippen LogP contribution in [-0.4, -0.2) is 15.7 Å². The number of carbonyl (C=O) groups excluding carboxylic acids is 1. The first kappa shape index (κ1) is 8.94. The van der Waals surface area contributed by atoms with Crippen molar-refractivity contribution in [3.05, 3.63) is 35.9 Å². The van der Waals surface area contributed by atoms with Gasteiger partial charge in [-0.05, 0) is 18.6 Å². The SMILES string of the molecule is CCCc1nc(C=O)c2ccccn12. The third kappa shape index (κ3) is 1.31. The smallest absolute Gasteiger partial charge is 0.170 e. The minimum atomic E-state index is 0.536. The molecule has 0 N–H and O–H groups in total. The third-order valence-electron chi connectivity index (χ3n) is 2.24. The molecule has 0 radical (unpaired) electrons. The number of carbonyl (C=O) groups is 1. The summed E-state index contributed by atoms with van der Waals surface area (Å²) in [6.07, 6.45) is 4.69. The quantitative estimate of drug-likeness (QED) is 0.691.